The molecule has 5 rings (SSSR count). The van der Waals surface area contributed by atoms with E-state index >= 15 is 0 Å². The van der Waals surface area contributed by atoms with Gasteiger partial charge in [0.2, 0.25) is 0 Å². The predicted molar refractivity (Wildman–Crippen MR) is 154 cm³/mol. The topological polar surface area (TPSA) is 23.6 Å². The minimum atomic E-state index is 0.152. The van der Waals surface area contributed by atoms with Crippen molar-refractivity contribution in [1.82, 2.24) is 9.80 Å². The summed E-state index contributed by atoms with van der Waals surface area (Å²) in [6.07, 6.45) is 9.95. The Morgan fingerprint density at radius 3 is 2.00 bits per heavy atom. The van der Waals surface area contributed by atoms with Crippen LogP contribution in [0.4, 0.5) is 0 Å². The third kappa shape index (κ3) is 7.24. The molecule has 3 nitrogen and oxygen atoms in total. The lowest BCUT2D eigenvalue weighted by Gasteiger charge is -2.30. The Balaban J connectivity index is 1.25. The van der Waals surface area contributed by atoms with Crippen molar-refractivity contribution < 1.29 is 4.79 Å². The fraction of sp³-hybridized carbons (Fsp3) is 0.424. The van der Waals surface area contributed by atoms with Gasteiger partial charge in [-0.25, -0.2) is 0 Å². The molecular formula is C33H39ClN2O. The number of benzene rings is 3. The molecular weight excluding hydrogens is 476 g/mol. The summed E-state index contributed by atoms with van der Waals surface area (Å²) in [7, 11) is 0. The van der Waals surface area contributed by atoms with Crippen LogP contribution >= 0.6 is 11.6 Å². The van der Waals surface area contributed by atoms with Crippen LogP contribution in [0, 0.1) is 5.92 Å². The first kappa shape index (κ1) is 26.0. The molecule has 0 bridgehead atoms. The number of likely N-dealkylation sites (tertiary alicyclic amines) is 1. The SMILES string of the molecule is O=C(c1ccc(-c2ccc(Cl)cc2)cc1)N(CCc1ccc(CN2CCCC2)cc1)CC1CCCCC1. The Labute approximate surface area is 227 Å². The van der Waals surface area contributed by atoms with Gasteiger partial charge in [0.25, 0.3) is 5.91 Å². The number of nitrogens with zero attached hydrogens (tertiary/aromatic N) is 2. The second kappa shape index (κ2) is 12.8. The van der Waals surface area contributed by atoms with E-state index in [0.29, 0.717) is 5.92 Å². The molecule has 1 aliphatic carbocycles. The highest BCUT2D eigenvalue weighted by molar-refractivity contribution is 6.30. The molecule has 1 saturated heterocycles. The van der Waals surface area contributed by atoms with Gasteiger partial charge in [0, 0.05) is 30.2 Å². The van der Waals surface area contributed by atoms with Crippen LogP contribution in [-0.2, 0) is 13.0 Å². The molecule has 37 heavy (non-hydrogen) atoms. The van der Waals surface area contributed by atoms with Gasteiger partial charge in [-0.05, 0) is 97.6 Å². The zero-order valence-corrected chi connectivity index (χ0v) is 22.6. The van der Waals surface area contributed by atoms with E-state index in [9.17, 15) is 4.79 Å². The minimum absolute atomic E-state index is 0.152. The van der Waals surface area contributed by atoms with Crippen LogP contribution in [0.5, 0.6) is 0 Å². The third-order valence-corrected chi connectivity index (χ3v) is 8.35. The molecule has 1 heterocycles. The number of carbonyl (C=O) groups excluding carboxylic acids is 1. The maximum atomic E-state index is 13.7. The Morgan fingerprint density at radius 2 is 1.35 bits per heavy atom. The number of amides is 1. The zero-order valence-electron chi connectivity index (χ0n) is 21.9. The predicted octanol–water partition coefficient (Wildman–Crippen LogP) is 7.87. The first-order valence-electron chi connectivity index (χ1n) is 14.1. The van der Waals surface area contributed by atoms with Crippen molar-refractivity contribution in [1.29, 1.82) is 0 Å². The molecule has 4 heteroatoms. The summed E-state index contributed by atoms with van der Waals surface area (Å²) in [5.41, 5.74) is 5.68. The van der Waals surface area contributed by atoms with Crippen LogP contribution in [-0.4, -0.2) is 41.9 Å². The highest BCUT2D eigenvalue weighted by atomic mass is 35.5. The highest BCUT2D eigenvalue weighted by Crippen LogP contribution is 2.26. The lowest BCUT2D eigenvalue weighted by molar-refractivity contribution is 0.0716. The van der Waals surface area contributed by atoms with E-state index < -0.39 is 0 Å². The van der Waals surface area contributed by atoms with Crippen molar-refractivity contribution in [2.24, 2.45) is 5.92 Å². The van der Waals surface area contributed by atoms with Crippen LogP contribution in [0.2, 0.25) is 5.02 Å². The summed E-state index contributed by atoms with van der Waals surface area (Å²) < 4.78 is 0. The van der Waals surface area contributed by atoms with Crippen LogP contribution in [0.1, 0.15) is 66.4 Å². The van der Waals surface area contributed by atoms with Gasteiger partial charge in [-0.2, -0.15) is 0 Å². The largest absolute Gasteiger partial charge is 0.338 e. The molecule has 1 aliphatic heterocycles. The minimum Gasteiger partial charge on any atom is -0.338 e. The maximum Gasteiger partial charge on any atom is 0.253 e. The molecule has 3 aromatic rings. The lowest BCUT2D eigenvalue weighted by Crippen LogP contribution is -2.37. The van der Waals surface area contributed by atoms with Gasteiger partial charge < -0.3 is 4.90 Å². The van der Waals surface area contributed by atoms with Crippen molar-refractivity contribution in [2.45, 2.75) is 57.9 Å². The molecule has 0 radical (unpaired) electrons. The molecule has 2 aliphatic rings. The summed E-state index contributed by atoms with van der Waals surface area (Å²) >= 11 is 6.04. The van der Waals surface area contributed by atoms with Crippen molar-refractivity contribution >= 4 is 17.5 Å². The van der Waals surface area contributed by atoms with Crippen molar-refractivity contribution in [3.63, 3.8) is 0 Å². The van der Waals surface area contributed by atoms with Gasteiger partial charge >= 0.3 is 0 Å². The summed E-state index contributed by atoms with van der Waals surface area (Å²) in [5, 5.41) is 0.732. The van der Waals surface area contributed by atoms with Crippen molar-refractivity contribution in [3.05, 3.63) is 94.5 Å². The van der Waals surface area contributed by atoms with Crippen LogP contribution < -0.4 is 0 Å². The second-order valence-corrected chi connectivity index (χ2v) is 11.3. The summed E-state index contributed by atoms with van der Waals surface area (Å²) in [6.45, 7) is 5.13. The van der Waals surface area contributed by atoms with Crippen molar-refractivity contribution in [2.75, 3.05) is 26.2 Å². The quantitative estimate of drug-likeness (QED) is 0.290. The Kier molecular flexibility index (Phi) is 8.97. The van der Waals surface area contributed by atoms with E-state index in [4.69, 9.17) is 11.6 Å². The van der Waals surface area contributed by atoms with Gasteiger partial charge in [-0.15, -0.1) is 0 Å². The second-order valence-electron chi connectivity index (χ2n) is 10.9. The van der Waals surface area contributed by atoms with Gasteiger partial charge in [-0.3, -0.25) is 9.69 Å². The number of hydrogen-bond donors (Lipinski definition) is 0. The molecule has 1 amide bonds. The van der Waals surface area contributed by atoms with Crippen molar-refractivity contribution in [3.8, 4) is 11.1 Å². The molecule has 0 aromatic heterocycles. The summed E-state index contributed by atoms with van der Waals surface area (Å²) in [5.74, 6) is 0.771. The molecule has 194 valence electrons. The average Bonchev–Trinajstić information content (AvgIpc) is 3.46. The monoisotopic (exact) mass is 514 g/mol. The van der Waals surface area contributed by atoms with Crippen LogP contribution in [0.25, 0.3) is 11.1 Å². The smallest absolute Gasteiger partial charge is 0.253 e. The highest BCUT2D eigenvalue weighted by Gasteiger charge is 2.22. The molecule has 2 fully saturated rings. The average molecular weight is 515 g/mol. The number of rotatable bonds is 9. The Hall–Kier alpha value is -2.62. The van der Waals surface area contributed by atoms with E-state index in [-0.39, 0.29) is 5.91 Å². The van der Waals surface area contributed by atoms with E-state index in [1.54, 1.807) is 0 Å². The summed E-state index contributed by atoms with van der Waals surface area (Å²) in [4.78, 5) is 18.3. The van der Waals surface area contributed by atoms with Crippen LogP contribution in [0.3, 0.4) is 0 Å². The van der Waals surface area contributed by atoms with Gasteiger partial charge in [0.15, 0.2) is 0 Å². The molecule has 1 saturated carbocycles. The normalized spacial score (nSPS) is 16.7. The number of hydrogen-bond acceptors (Lipinski definition) is 2. The first-order chi connectivity index (χ1) is 18.1. The maximum absolute atomic E-state index is 13.7. The fourth-order valence-electron chi connectivity index (χ4n) is 5.86. The third-order valence-electron chi connectivity index (χ3n) is 8.10. The Morgan fingerprint density at radius 1 is 0.757 bits per heavy atom. The molecule has 0 unspecified atom stereocenters. The fourth-order valence-corrected chi connectivity index (χ4v) is 5.99. The Bertz CT molecular complexity index is 1130. The lowest BCUT2D eigenvalue weighted by atomic mass is 9.88. The van der Waals surface area contributed by atoms with E-state index in [1.165, 1.54) is 69.2 Å². The molecule has 3 aromatic carbocycles. The zero-order chi connectivity index (χ0) is 25.5. The van der Waals surface area contributed by atoms with E-state index in [2.05, 4.69) is 34.1 Å². The van der Waals surface area contributed by atoms with E-state index in [1.807, 2.05) is 48.5 Å². The molecule has 0 N–H and O–H groups in total. The molecule has 0 spiro atoms. The first-order valence-corrected chi connectivity index (χ1v) is 14.5. The van der Waals surface area contributed by atoms with Gasteiger partial charge in [0.1, 0.15) is 0 Å². The van der Waals surface area contributed by atoms with Crippen LogP contribution in [0.15, 0.2) is 72.8 Å². The summed E-state index contributed by atoms with van der Waals surface area (Å²) in [6, 6.07) is 25.0. The van der Waals surface area contributed by atoms with Gasteiger partial charge in [0.05, 0.1) is 0 Å². The number of carbonyl (C=O) groups is 1. The van der Waals surface area contributed by atoms with E-state index in [0.717, 1.165) is 47.8 Å². The standard InChI is InChI=1S/C33H39ClN2O/c34-32-18-16-30(17-19-32)29-12-14-31(15-13-29)33(37)36(25-27-6-2-1-3-7-27)23-20-26-8-10-28(11-9-26)24-35-21-4-5-22-35/h8-19,27H,1-7,20-25H2. The molecule has 0 atom stereocenters. The number of halogens is 1. The van der Waals surface area contributed by atoms with Gasteiger partial charge in [-0.1, -0.05) is 79.4 Å².